The van der Waals surface area contributed by atoms with E-state index in [4.69, 9.17) is 9.15 Å². The summed E-state index contributed by atoms with van der Waals surface area (Å²) in [6.07, 6.45) is 1.74. The lowest BCUT2D eigenvalue weighted by Crippen LogP contribution is -2.15. The van der Waals surface area contributed by atoms with Crippen molar-refractivity contribution in [3.05, 3.63) is 72.6 Å². The second-order valence-electron chi connectivity index (χ2n) is 6.79. The normalized spacial score (nSPS) is 11.1. The minimum absolute atomic E-state index is 0.154. The molecule has 0 aliphatic rings. The number of amides is 1. The number of nitrogens with one attached hydrogen (secondary N) is 1. The fraction of sp³-hybridized carbons (Fsp3) is 0.0909. The molecule has 0 fully saturated rings. The lowest BCUT2D eigenvalue weighted by molar-refractivity contribution is -0.115. The van der Waals surface area contributed by atoms with Crippen LogP contribution in [0.5, 0.6) is 5.75 Å². The van der Waals surface area contributed by atoms with E-state index in [2.05, 4.69) is 20.8 Å². The fourth-order valence-corrected chi connectivity index (χ4v) is 3.44. The summed E-state index contributed by atoms with van der Waals surface area (Å²) >= 11 is 0. The minimum Gasteiger partial charge on any atom is -0.495 e. The number of hydrogen-bond acceptors (Lipinski definition) is 6. The zero-order chi connectivity index (χ0) is 20.5. The molecule has 0 bridgehead atoms. The van der Waals surface area contributed by atoms with E-state index in [1.54, 1.807) is 17.9 Å². The number of carbonyl (C=O) groups is 1. The number of fused-ring (bicyclic) bond motifs is 3. The van der Waals surface area contributed by atoms with Crippen molar-refractivity contribution in [3.8, 4) is 11.4 Å². The van der Waals surface area contributed by atoms with E-state index < -0.39 is 0 Å². The third kappa shape index (κ3) is 3.24. The number of benzene rings is 3. The highest BCUT2D eigenvalue weighted by Gasteiger charge is 2.14. The van der Waals surface area contributed by atoms with Gasteiger partial charge in [0.15, 0.2) is 0 Å². The first-order valence-electron chi connectivity index (χ1n) is 9.33. The maximum absolute atomic E-state index is 12.6. The number of tetrazole rings is 1. The number of carbonyl (C=O) groups excluding carboxylic acids is 1. The zero-order valence-corrected chi connectivity index (χ0v) is 16.1. The number of nitrogens with zero attached hydrogens (tertiary/aromatic N) is 4. The Morgan fingerprint density at radius 3 is 2.67 bits per heavy atom. The van der Waals surface area contributed by atoms with Crippen LogP contribution in [0.1, 0.15) is 5.56 Å². The number of para-hydroxylation sites is 1. The van der Waals surface area contributed by atoms with Crippen molar-refractivity contribution in [2.24, 2.45) is 0 Å². The molecule has 0 spiro atoms. The molecule has 1 amide bonds. The third-order valence-corrected chi connectivity index (χ3v) is 4.89. The van der Waals surface area contributed by atoms with Gasteiger partial charge in [0.05, 0.1) is 24.9 Å². The van der Waals surface area contributed by atoms with Crippen LogP contribution in [0, 0.1) is 0 Å². The van der Waals surface area contributed by atoms with Crippen LogP contribution in [0.3, 0.4) is 0 Å². The molecule has 0 aliphatic carbocycles. The van der Waals surface area contributed by atoms with Gasteiger partial charge in [0.25, 0.3) is 0 Å². The molecule has 5 rings (SSSR count). The molecule has 8 nitrogen and oxygen atoms in total. The average Bonchev–Trinajstić information content (AvgIpc) is 3.41. The Labute approximate surface area is 171 Å². The van der Waals surface area contributed by atoms with Gasteiger partial charge in [0.2, 0.25) is 5.91 Å². The largest absolute Gasteiger partial charge is 0.495 e. The molecule has 5 aromatic rings. The summed E-state index contributed by atoms with van der Waals surface area (Å²) in [5.74, 6) is 0.426. The number of ether oxygens (including phenoxy) is 1. The second-order valence-corrected chi connectivity index (χ2v) is 6.79. The summed E-state index contributed by atoms with van der Waals surface area (Å²) in [5, 5.41) is 16.0. The number of anilines is 1. The molecule has 2 heterocycles. The van der Waals surface area contributed by atoms with Crippen LogP contribution in [0.4, 0.5) is 5.69 Å². The van der Waals surface area contributed by atoms with E-state index in [0.29, 0.717) is 17.0 Å². The molecule has 8 heteroatoms. The molecule has 0 radical (unpaired) electrons. The van der Waals surface area contributed by atoms with Crippen LogP contribution >= 0.6 is 0 Å². The molecule has 0 saturated carbocycles. The number of methoxy groups -OCH3 is 1. The summed E-state index contributed by atoms with van der Waals surface area (Å²) in [4.78, 5) is 12.6. The van der Waals surface area contributed by atoms with E-state index in [9.17, 15) is 4.79 Å². The first-order chi connectivity index (χ1) is 14.7. The highest BCUT2D eigenvalue weighted by atomic mass is 16.5. The number of hydrogen-bond donors (Lipinski definition) is 1. The van der Waals surface area contributed by atoms with Crippen LogP contribution in [0.25, 0.3) is 27.6 Å². The predicted octanol–water partition coefficient (Wildman–Crippen LogP) is 3.75. The van der Waals surface area contributed by atoms with Gasteiger partial charge >= 0.3 is 0 Å². The summed E-state index contributed by atoms with van der Waals surface area (Å²) < 4.78 is 13.0. The van der Waals surface area contributed by atoms with Crippen molar-refractivity contribution in [1.82, 2.24) is 20.2 Å². The van der Waals surface area contributed by atoms with Crippen molar-refractivity contribution in [3.63, 3.8) is 0 Å². The van der Waals surface area contributed by atoms with Crippen LogP contribution in [-0.2, 0) is 11.2 Å². The van der Waals surface area contributed by atoms with Crippen molar-refractivity contribution in [2.45, 2.75) is 6.42 Å². The molecule has 2 aromatic heterocycles. The Kier molecular flexibility index (Phi) is 4.36. The van der Waals surface area contributed by atoms with Gasteiger partial charge in [0.1, 0.15) is 23.2 Å². The molecule has 0 unspecified atom stereocenters. The maximum Gasteiger partial charge on any atom is 0.228 e. The van der Waals surface area contributed by atoms with Gasteiger partial charge in [-0.05, 0) is 40.3 Å². The van der Waals surface area contributed by atoms with Crippen LogP contribution in [0.2, 0.25) is 0 Å². The van der Waals surface area contributed by atoms with Crippen molar-refractivity contribution >= 4 is 33.5 Å². The van der Waals surface area contributed by atoms with Crippen LogP contribution < -0.4 is 10.1 Å². The van der Waals surface area contributed by atoms with Gasteiger partial charge in [0, 0.05) is 16.8 Å². The summed E-state index contributed by atoms with van der Waals surface area (Å²) in [6.45, 7) is 0. The van der Waals surface area contributed by atoms with Gasteiger partial charge in [-0.1, -0.05) is 30.3 Å². The standard InChI is InChI=1S/C22H17N5O3/c1-29-21-11-17-16-4-2-3-5-19(16)30-20(17)12-18(21)24-22(28)10-14-6-8-15(9-7-14)27-13-23-25-26-27/h2-9,11-13H,10H2,1H3,(H,24,28). The van der Waals surface area contributed by atoms with E-state index in [-0.39, 0.29) is 12.3 Å². The van der Waals surface area contributed by atoms with Gasteiger partial charge < -0.3 is 14.5 Å². The topological polar surface area (TPSA) is 95.1 Å². The quantitative estimate of drug-likeness (QED) is 0.484. The molecule has 1 N–H and O–H groups in total. The summed E-state index contributed by atoms with van der Waals surface area (Å²) in [6, 6.07) is 19.0. The Hall–Kier alpha value is -4.20. The lowest BCUT2D eigenvalue weighted by atomic mass is 10.1. The fourth-order valence-electron chi connectivity index (χ4n) is 3.44. The molecule has 0 aliphatic heterocycles. The summed E-state index contributed by atoms with van der Waals surface area (Å²) in [7, 11) is 1.58. The van der Waals surface area contributed by atoms with Crippen molar-refractivity contribution in [2.75, 3.05) is 12.4 Å². The Balaban J connectivity index is 1.38. The first kappa shape index (κ1) is 17.9. The molecular weight excluding hydrogens is 382 g/mol. The highest BCUT2D eigenvalue weighted by Crippen LogP contribution is 2.36. The molecule has 0 saturated heterocycles. The molecule has 0 atom stereocenters. The molecule has 148 valence electrons. The van der Waals surface area contributed by atoms with Crippen molar-refractivity contribution < 1.29 is 13.9 Å². The molecule has 3 aromatic carbocycles. The van der Waals surface area contributed by atoms with E-state index in [1.807, 2.05) is 54.6 Å². The van der Waals surface area contributed by atoms with Crippen LogP contribution in [0.15, 0.2) is 71.4 Å². The first-order valence-corrected chi connectivity index (χ1v) is 9.33. The second kappa shape index (κ2) is 7.32. The molecular formula is C22H17N5O3. The predicted molar refractivity (Wildman–Crippen MR) is 112 cm³/mol. The van der Waals surface area contributed by atoms with E-state index in [0.717, 1.165) is 27.6 Å². The third-order valence-electron chi connectivity index (χ3n) is 4.89. The summed E-state index contributed by atoms with van der Waals surface area (Å²) in [5.41, 5.74) is 3.74. The van der Waals surface area contributed by atoms with Crippen LogP contribution in [-0.4, -0.2) is 33.2 Å². The Bertz CT molecular complexity index is 1340. The van der Waals surface area contributed by atoms with E-state index in [1.165, 1.54) is 6.33 Å². The smallest absolute Gasteiger partial charge is 0.228 e. The Morgan fingerprint density at radius 2 is 1.90 bits per heavy atom. The monoisotopic (exact) mass is 399 g/mol. The number of rotatable bonds is 5. The Morgan fingerprint density at radius 1 is 1.07 bits per heavy atom. The molecule has 30 heavy (non-hydrogen) atoms. The van der Waals surface area contributed by atoms with E-state index >= 15 is 0 Å². The zero-order valence-electron chi connectivity index (χ0n) is 16.1. The number of furan rings is 1. The average molecular weight is 399 g/mol. The maximum atomic E-state index is 12.6. The van der Waals surface area contributed by atoms with Gasteiger partial charge in [-0.3, -0.25) is 4.79 Å². The van der Waals surface area contributed by atoms with Gasteiger partial charge in [-0.25, -0.2) is 4.68 Å². The SMILES string of the molecule is COc1cc2c(cc1NC(=O)Cc1ccc(-n3cnnn3)cc1)oc1ccccc12. The number of aromatic nitrogens is 4. The lowest BCUT2D eigenvalue weighted by Gasteiger charge is -2.10. The highest BCUT2D eigenvalue weighted by molar-refractivity contribution is 6.07. The van der Waals surface area contributed by atoms with Crippen molar-refractivity contribution in [1.29, 1.82) is 0 Å². The van der Waals surface area contributed by atoms with Gasteiger partial charge in [-0.15, -0.1) is 5.10 Å². The van der Waals surface area contributed by atoms with Gasteiger partial charge in [-0.2, -0.15) is 0 Å². The minimum atomic E-state index is -0.154.